The van der Waals surface area contributed by atoms with Gasteiger partial charge in [-0.3, -0.25) is 4.68 Å². The van der Waals surface area contributed by atoms with Crippen molar-refractivity contribution in [3.05, 3.63) is 11.6 Å². The first-order chi connectivity index (χ1) is 4.77. The van der Waals surface area contributed by atoms with Gasteiger partial charge in [0.05, 0.1) is 0 Å². The van der Waals surface area contributed by atoms with Crippen LogP contribution in [0.2, 0.25) is 0 Å². The summed E-state index contributed by atoms with van der Waals surface area (Å²) in [5.74, 6) is 1.96. The molecule has 0 bridgehead atoms. The Morgan fingerprint density at radius 1 is 1.40 bits per heavy atom. The van der Waals surface area contributed by atoms with E-state index in [0.717, 1.165) is 24.6 Å². The number of rotatable bonds is 2. The van der Waals surface area contributed by atoms with E-state index in [4.69, 9.17) is 0 Å². The molecule has 0 N–H and O–H groups in total. The molecule has 0 amide bonds. The summed E-state index contributed by atoms with van der Waals surface area (Å²) < 4.78 is 1.94. The summed E-state index contributed by atoms with van der Waals surface area (Å²) in [4.78, 5) is 4.25. The molecule has 0 radical (unpaired) electrons. The zero-order chi connectivity index (χ0) is 7.56. The quantitative estimate of drug-likeness (QED) is 0.615. The molecular weight excluding hydrogens is 126 g/mol. The molecular formula is C7H13N3. The van der Waals surface area contributed by atoms with Gasteiger partial charge in [-0.2, -0.15) is 5.10 Å². The van der Waals surface area contributed by atoms with Crippen molar-refractivity contribution in [3.8, 4) is 0 Å². The fourth-order valence-corrected chi connectivity index (χ4v) is 1.01. The summed E-state index contributed by atoms with van der Waals surface area (Å²) >= 11 is 0. The molecule has 56 valence electrons. The highest BCUT2D eigenvalue weighted by atomic mass is 15.3. The van der Waals surface area contributed by atoms with E-state index in [2.05, 4.69) is 23.9 Å². The first-order valence-corrected chi connectivity index (χ1v) is 3.68. The molecule has 0 saturated heterocycles. The lowest BCUT2D eigenvalue weighted by molar-refractivity contribution is 0.617. The van der Waals surface area contributed by atoms with Crippen molar-refractivity contribution < 1.29 is 0 Å². The zero-order valence-corrected chi connectivity index (χ0v) is 6.76. The third kappa shape index (κ3) is 1.17. The average Bonchev–Trinajstić information content (AvgIpc) is 2.30. The van der Waals surface area contributed by atoms with Crippen LogP contribution in [0.15, 0.2) is 0 Å². The number of hydrogen-bond acceptors (Lipinski definition) is 2. The van der Waals surface area contributed by atoms with Gasteiger partial charge in [-0.1, -0.05) is 6.92 Å². The van der Waals surface area contributed by atoms with E-state index >= 15 is 0 Å². The van der Waals surface area contributed by atoms with Crippen molar-refractivity contribution in [3.63, 3.8) is 0 Å². The highest BCUT2D eigenvalue weighted by Crippen LogP contribution is 1.97. The first kappa shape index (κ1) is 7.25. The van der Waals surface area contributed by atoms with Crippen molar-refractivity contribution >= 4 is 0 Å². The lowest BCUT2D eigenvalue weighted by Crippen LogP contribution is -2.01. The lowest BCUT2D eigenvalue weighted by Gasteiger charge is -1.96. The van der Waals surface area contributed by atoms with Gasteiger partial charge < -0.3 is 0 Å². The first-order valence-electron chi connectivity index (χ1n) is 3.68. The molecule has 0 saturated carbocycles. The molecule has 0 aliphatic carbocycles. The maximum atomic E-state index is 4.25. The molecule has 3 nitrogen and oxygen atoms in total. The van der Waals surface area contributed by atoms with Gasteiger partial charge in [0.15, 0.2) is 0 Å². The Labute approximate surface area is 61.1 Å². The molecule has 0 unspecified atom stereocenters. The van der Waals surface area contributed by atoms with Gasteiger partial charge >= 0.3 is 0 Å². The minimum Gasteiger partial charge on any atom is -0.250 e. The molecule has 0 fully saturated rings. The molecule has 1 heterocycles. The highest BCUT2D eigenvalue weighted by Gasteiger charge is 2.00. The van der Waals surface area contributed by atoms with Crippen LogP contribution in [0.1, 0.15) is 25.5 Å². The van der Waals surface area contributed by atoms with Crippen molar-refractivity contribution in [1.29, 1.82) is 0 Å². The van der Waals surface area contributed by atoms with Gasteiger partial charge in [0.2, 0.25) is 0 Å². The smallest absolute Gasteiger partial charge is 0.147 e. The highest BCUT2D eigenvalue weighted by molar-refractivity contribution is 4.89. The predicted octanol–water partition coefficient (Wildman–Crippen LogP) is 1.17. The van der Waals surface area contributed by atoms with Crippen molar-refractivity contribution in [2.75, 3.05) is 0 Å². The number of aryl methyl sites for hydroxylation is 3. The minimum absolute atomic E-state index is 0.874. The van der Waals surface area contributed by atoms with Crippen LogP contribution in [0.25, 0.3) is 0 Å². The summed E-state index contributed by atoms with van der Waals surface area (Å²) in [6, 6.07) is 0. The summed E-state index contributed by atoms with van der Waals surface area (Å²) in [5.41, 5.74) is 0. The molecule has 3 heteroatoms. The van der Waals surface area contributed by atoms with Crippen molar-refractivity contribution in [2.45, 2.75) is 33.7 Å². The summed E-state index contributed by atoms with van der Waals surface area (Å²) in [6.07, 6.45) is 0.967. The normalized spacial score (nSPS) is 10.3. The number of nitrogens with zero attached hydrogens (tertiary/aromatic N) is 3. The Morgan fingerprint density at radius 2 is 2.10 bits per heavy atom. The maximum absolute atomic E-state index is 4.25. The summed E-state index contributed by atoms with van der Waals surface area (Å²) in [5, 5.41) is 4.21. The number of aromatic nitrogens is 3. The van der Waals surface area contributed by atoms with E-state index in [1.165, 1.54) is 0 Å². The molecule has 10 heavy (non-hydrogen) atoms. The van der Waals surface area contributed by atoms with E-state index in [1.54, 1.807) is 0 Å². The van der Waals surface area contributed by atoms with Crippen LogP contribution in [-0.2, 0) is 13.0 Å². The maximum Gasteiger partial charge on any atom is 0.147 e. The summed E-state index contributed by atoms with van der Waals surface area (Å²) in [6.45, 7) is 7.01. The second-order valence-electron chi connectivity index (χ2n) is 2.24. The van der Waals surface area contributed by atoms with Gasteiger partial charge in [0.25, 0.3) is 0 Å². The Kier molecular flexibility index (Phi) is 2.04. The zero-order valence-electron chi connectivity index (χ0n) is 6.76. The molecule has 0 spiro atoms. The molecule has 1 aromatic heterocycles. The SMILES string of the molecule is CCc1nc(C)nn1CC. The van der Waals surface area contributed by atoms with Gasteiger partial charge in [-0.05, 0) is 13.8 Å². The van der Waals surface area contributed by atoms with Crippen LogP contribution in [0, 0.1) is 6.92 Å². The topological polar surface area (TPSA) is 30.7 Å². The largest absolute Gasteiger partial charge is 0.250 e. The van der Waals surface area contributed by atoms with Crippen LogP contribution >= 0.6 is 0 Å². The van der Waals surface area contributed by atoms with Gasteiger partial charge in [-0.25, -0.2) is 4.98 Å². The molecule has 0 aliphatic heterocycles. The Hall–Kier alpha value is -0.860. The average molecular weight is 139 g/mol. The third-order valence-corrected chi connectivity index (χ3v) is 1.47. The Balaban J connectivity index is 2.96. The van der Waals surface area contributed by atoms with E-state index in [9.17, 15) is 0 Å². The molecule has 1 aromatic rings. The van der Waals surface area contributed by atoms with Gasteiger partial charge in [0.1, 0.15) is 11.6 Å². The monoisotopic (exact) mass is 139 g/mol. The van der Waals surface area contributed by atoms with Crippen LogP contribution in [0.5, 0.6) is 0 Å². The predicted molar refractivity (Wildman–Crippen MR) is 39.8 cm³/mol. The van der Waals surface area contributed by atoms with Crippen LogP contribution in [0.4, 0.5) is 0 Å². The van der Waals surface area contributed by atoms with E-state index in [-0.39, 0.29) is 0 Å². The lowest BCUT2D eigenvalue weighted by atomic mass is 10.4. The molecule has 0 atom stereocenters. The van der Waals surface area contributed by atoms with Crippen molar-refractivity contribution in [2.24, 2.45) is 0 Å². The fourth-order valence-electron chi connectivity index (χ4n) is 1.01. The minimum atomic E-state index is 0.874. The van der Waals surface area contributed by atoms with Crippen LogP contribution < -0.4 is 0 Å². The van der Waals surface area contributed by atoms with E-state index < -0.39 is 0 Å². The fraction of sp³-hybridized carbons (Fsp3) is 0.714. The second kappa shape index (κ2) is 2.82. The van der Waals surface area contributed by atoms with Gasteiger partial charge in [0, 0.05) is 13.0 Å². The summed E-state index contributed by atoms with van der Waals surface area (Å²) in [7, 11) is 0. The number of hydrogen-bond donors (Lipinski definition) is 0. The van der Waals surface area contributed by atoms with Crippen LogP contribution in [0.3, 0.4) is 0 Å². The van der Waals surface area contributed by atoms with Gasteiger partial charge in [-0.15, -0.1) is 0 Å². The molecule has 0 aliphatic rings. The molecule has 0 aromatic carbocycles. The van der Waals surface area contributed by atoms with Crippen LogP contribution in [-0.4, -0.2) is 14.8 Å². The third-order valence-electron chi connectivity index (χ3n) is 1.47. The van der Waals surface area contributed by atoms with E-state index in [0.29, 0.717) is 0 Å². The standard InChI is InChI=1S/C7H13N3/c1-4-7-8-6(3)9-10(7)5-2/h4-5H2,1-3H3. The van der Waals surface area contributed by atoms with E-state index in [1.807, 2.05) is 11.6 Å². The Bertz CT molecular complexity index is 193. The Morgan fingerprint density at radius 3 is 2.50 bits per heavy atom. The van der Waals surface area contributed by atoms with Crippen molar-refractivity contribution in [1.82, 2.24) is 14.8 Å². The molecule has 1 rings (SSSR count). The second-order valence-corrected chi connectivity index (χ2v) is 2.24.